The van der Waals surface area contributed by atoms with Crippen LogP contribution >= 0.6 is 22.7 Å². The summed E-state index contributed by atoms with van der Waals surface area (Å²) in [6.45, 7) is 0.294. The molecule has 0 aliphatic carbocycles. The largest absolute Gasteiger partial charge is 0.496 e. The van der Waals surface area contributed by atoms with Crippen LogP contribution in [0.1, 0.15) is 15.2 Å². The summed E-state index contributed by atoms with van der Waals surface area (Å²) in [5.74, 6) is 1.60. The zero-order valence-corrected chi connectivity index (χ0v) is 18.9. The van der Waals surface area contributed by atoms with Crippen LogP contribution in [-0.2, 0) is 6.54 Å². The van der Waals surface area contributed by atoms with E-state index in [2.05, 4.69) is 15.6 Å². The molecule has 2 N–H and O–H groups in total. The predicted octanol–water partition coefficient (Wildman–Crippen LogP) is 5.06. The zero-order chi connectivity index (χ0) is 21.8. The number of anilines is 2. The Labute approximate surface area is 187 Å². The first-order chi connectivity index (χ1) is 15.1. The van der Waals surface area contributed by atoms with Crippen LogP contribution in [0.3, 0.4) is 0 Å². The van der Waals surface area contributed by atoms with Crippen molar-refractivity contribution in [2.45, 2.75) is 6.54 Å². The minimum Gasteiger partial charge on any atom is -0.496 e. The quantitative estimate of drug-likeness (QED) is 0.387. The van der Waals surface area contributed by atoms with Gasteiger partial charge in [-0.25, -0.2) is 4.98 Å². The predicted molar refractivity (Wildman–Crippen MR) is 124 cm³/mol. The summed E-state index contributed by atoms with van der Waals surface area (Å²) in [6, 6.07) is 15.3. The molecule has 0 spiro atoms. The molecule has 0 atom stereocenters. The van der Waals surface area contributed by atoms with Crippen LogP contribution in [0.5, 0.6) is 17.2 Å². The lowest BCUT2D eigenvalue weighted by atomic mass is 10.1. The molecule has 0 aliphatic rings. The number of nitrogens with zero attached hydrogens (tertiary/aromatic N) is 1. The van der Waals surface area contributed by atoms with Gasteiger partial charge in [-0.3, -0.25) is 4.79 Å². The van der Waals surface area contributed by atoms with Gasteiger partial charge in [0.15, 0.2) is 16.6 Å². The van der Waals surface area contributed by atoms with E-state index in [1.807, 2.05) is 36.4 Å². The first-order valence-corrected chi connectivity index (χ1v) is 11.0. The molecule has 0 fully saturated rings. The van der Waals surface area contributed by atoms with Gasteiger partial charge in [-0.15, -0.1) is 11.3 Å². The van der Waals surface area contributed by atoms with Gasteiger partial charge < -0.3 is 24.8 Å². The molecule has 2 aromatic carbocycles. The van der Waals surface area contributed by atoms with E-state index in [-0.39, 0.29) is 5.91 Å². The molecule has 0 unspecified atom stereocenters. The Bertz CT molecular complexity index is 1170. The Morgan fingerprint density at radius 1 is 0.935 bits per heavy atom. The van der Waals surface area contributed by atoms with Crippen LogP contribution in [0, 0.1) is 0 Å². The third-order valence-electron chi connectivity index (χ3n) is 4.56. The minimum absolute atomic E-state index is 0.162. The van der Waals surface area contributed by atoms with Crippen molar-refractivity contribution in [2.75, 3.05) is 26.6 Å². The van der Waals surface area contributed by atoms with Crippen molar-refractivity contribution in [1.29, 1.82) is 0 Å². The smallest absolute Gasteiger partial charge is 0.261 e. The van der Waals surface area contributed by atoms with Gasteiger partial charge >= 0.3 is 0 Å². The summed E-state index contributed by atoms with van der Waals surface area (Å²) in [4.78, 5) is 18.7. The number of nitrogens with one attached hydrogen (secondary N) is 2. The molecular weight excluding hydrogens is 434 g/mol. The molecule has 4 aromatic rings. The standard InChI is InChI=1S/C22H21N3O4S2/c1-27-15-10-17(29-3)16(28-2)9-13(15)12-23-20(26)18-11-19-21(30-18)25-22(31-19)24-14-7-5-4-6-8-14/h4-11H,12H2,1-3H3,(H,23,26)(H,24,25). The molecule has 160 valence electrons. The Morgan fingerprint density at radius 3 is 2.32 bits per heavy atom. The van der Waals surface area contributed by atoms with Crippen molar-refractivity contribution in [1.82, 2.24) is 10.3 Å². The molecule has 0 radical (unpaired) electrons. The number of carbonyl (C=O) groups excluding carboxylic acids is 1. The monoisotopic (exact) mass is 455 g/mol. The normalized spacial score (nSPS) is 10.7. The number of ether oxygens (including phenoxy) is 3. The van der Waals surface area contributed by atoms with Crippen molar-refractivity contribution < 1.29 is 19.0 Å². The average Bonchev–Trinajstić information content (AvgIpc) is 3.36. The number of rotatable bonds is 8. The van der Waals surface area contributed by atoms with Crippen molar-refractivity contribution >= 4 is 48.9 Å². The second-order valence-corrected chi connectivity index (χ2v) is 8.55. The van der Waals surface area contributed by atoms with Gasteiger partial charge in [0.05, 0.1) is 30.9 Å². The maximum Gasteiger partial charge on any atom is 0.261 e. The molecular formula is C22H21N3O4S2. The molecule has 2 aromatic heterocycles. The van der Waals surface area contributed by atoms with Crippen LogP contribution in [0.25, 0.3) is 9.53 Å². The van der Waals surface area contributed by atoms with E-state index in [0.717, 1.165) is 25.9 Å². The van der Waals surface area contributed by atoms with Gasteiger partial charge in [0, 0.05) is 23.9 Å². The number of aromatic nitrogens is 1. The molecule has 0 aliphatic heterocycles. The lowest BCUT2D eigenvalue weighted by Crippen LogP contribution is -2.22. The van der Waals surface area contributed by atoms with E-state index in [9.17, 15) is 4.79 Å². The Morgan fingerprint density at radius 2 is 1.65 bits per heavy atom. The topological polar surface area (TPSA) is 81.7 Å². The van der Waals surface area contributed by atoms with Crippen molar-refractivity contribution in [3.05, 3.63) is 59.0 Å². The molecule has 31 heavy (non-hydrogen) atoms. The number of thiophene rings is 1. The van der Waals surface area contributed by atoms with Gasteiger partial charge in [0.2, 0.25) is 0 Å². The van der Waals surface area contributed by atoms with E-state index in [1.54, 1.807) is 33.5 Å². The zero-order valence-electron chi connectivity index (χ0n) is 17.2. The van der Waals surface area contributed by atoms with E-state index in [0.29, 0.717) is 28.7 Å². The highest BCUT2D eigenvalue weighted by Gasteiger charge is 2.16. The maximum atomic E-state index is 12.7. The number of benzene rings is 2. The summed E-state index contributed by atoms with van der Waals surface area (Å²) in [5, 5.41) is 7.03. The first-order valence-electron chi connectivity index (χ1n) is 9.40. The maximum absolute atomic E-state index is 12.7. The van der Waals surface area contributed by atoms with E-state index < -0.39 is 0 Å². The van der Waals surface area contributed by atoms with Crippen molar-refractivity contribution in [3.63, 3.8) is 0 Å². The summed E-state index contributed by atoms with van der Waals surface area (Å²) >= 11 is 2.88. The summed E-state index contributed by atoms with van der Waals surface area (Å²) in [6.07, 6.45) is 0. The molecule has 9 heteroatoms. The molecule has 1 amide bonds. The van der Waals surface area contributed by atoms with E-state index >= 15 is 0 Å². The molecule has 0 saturated heterocycles. The summed E-state index contributed by atoms with van der Waals surface area (Å²) in [5.41, 5.74) is 1.77. The summed E-state index contributed by atoms with van der Waals surface area (Å²) in [7, 11) is 4.71. The fraction of sp³-hybridized carbons (Fsp3) is 0.182. The third kappa shape index (κ3) is 4.57. The van der Waals surface area contributed by atoms with E-state index in [4.69, 9.17) is 14.2 Å². The lowest BCUT2D eigenvalue weighted by molar-refractivity contribution is 0.0954. The number of fused-ring (bicyclic) bond motifs is 1. The second-order valence-electron chi connectivity index (χ2n) is 6.49. The molecule has 2 heterocycles. The molecule has 7 nitrogen and oxygen atoms in total. The highest BCUT2D eigenvalue weighted by Crippen LogP contribution is 2.36. The number of hydrogen-bond acceptors (Lipinski definition) is 8. The number of hydrogen-bond donors (Lipinski definition) is 2. The number of thiazole rings is 1. The Balaban J connectivity index is 1.46. The number of para-hydroxylation sites is 1. The van der Waals surface area contributed by atoms with Crippen LogP contribution in [0.4, 0.5) is 10.8 Å². The summed E-state index contributed by atoms with van der Waals surface area (Å²) < 4.78 is 17.0. The van der Waals surface area contributed by atoms with Gasteiger partial charge in [0.25, 0.3) is 5.91 Å². The number of carbonyl (C=O) groups is 1. The van der Waals surface area contributed by atoms with Crippen molar-refractivity contribution in [3.8, 4) is 17.2 Å². The highest BCUT2D eigenvalue weighted by molar-refractivity contribution is 7.29. The molecule has 0 bridgehead atoms. The minimum atomic E-state index is -0.162. The van der Waals surface area contributed by atoms with Crippen LogP contribution in [0.2, 0.25) is 0 Å². The van der Waals surface area contributed by atoms with Gasteiger partial charge in [-0.2, -0.15) is 0 Å². The van der Waals surface area contributed by atoms with Gasteiger partial charge in [0.1, 0.15) is 10.6 Å². The highest BCUT2D eigenvalue weighted by atomic mass is 32.1. The average molecular weight is 456 g/mol. The number of amides is 1. The van der Waals surface area contributed by atoms with Crippen molar-refractivity contribution in [2.24, 2.45) is 0 Å². The Hall–Kier alpha value is -3.30. The van der Waals surface area contributed by atoms with Gasteiger partial charge in [-0.1, -0.05) is 29.5 Å². The van der Waals surface area contributed by atoms with Crippen LogP contribution in [0.15, 0.2) is 48.5 Å². The fourth-order valence-corrected chi connectivity index (χ4v) is 5.09. The second kappa shape index (κ2) is 9.23. The fourth-order valence-electron chi connectivity index (χ4n) is 3.04. The first kappa shape index (κ1) is 21.0. The molecule has 0 saturated carbocycles. The Kier molecular flexibility index (Phi) is 6.24. The molecule has 4 rings (SSSR count). The third-order valence-corrected chi connectivity index (χ3v) is 6.64. The number of methoxy groups -OCH3 is 3. The SMILES string of the molecule is COc1cc(OC)c(OC)cc1CNC(=O)c1cc2sc(Nc3ccccc3)nc2s1. The van der Waals surface area contributed by atoms with Crippen LogP contribution < -0.4 is 24.8 Å². The van der Waals surface area contributed by atoms with E-state index in [1.165, 1.54) is 22.7 Å². The lowest BCUT2D eigenvalue weighted by Gasteiger charge is -2.14. The van der Waals surface area contributed by atoms with Crippen LogP contribution in [-0.4, -0.2) is 32.2 Å². The van der Waals surface area contributed by atoms with Gasteiger partial charge in [-0.05, 0) is 24.3 Å².